The minimum atomic E-state index is -0.115. The van der Waals surface area contributed by atoms with Crippen molar-refractivity contribution >= 4 is 40.4 Å². The van der Waals surface area contributed by atoms with Gasteiger partial charge in [-0.1, -0.05) is 48.2 Å². The maximum Gasteiger partial charge on any atom is 0.214 e. The van der Waals surface area contributed by atoms with Crippen molar-refractivity contribution in [3.63, 3.8) is 0 Å². The van der Waals surface area contributed by atoms with Crippen molar-refractivity contribution in [2.75, 3.05) is 12.3 Å². The summed E-state index contributed by atoms with van der Waals surface area (Å²) in [7, 11) is 0. The van der Waals surface area contributed by atoms with Gasteiger partial charge >= 0.3 is 0 Å². The highest BCUT2D eigenvalue weighted by molar-refractivity contribution is 8.02. The van der Waals surface area contributed by atoms with Crippen LogP contribution >= 0.6 is 23.1 Å². The third-order valence-electron chi connectivity index (χ3n) is 5.02. The van der Waals surface area contributed by atoms with Gasteiger partial charge in [-0.25, -0.2) is 9.97 Å². The van der Waals surface area contributed by atoms with E-state index in [0.717, 1.165) is 14.7 Å². The number of carbonyl (C=O) groups is 1. The normalized spacial score (nSPS) is 12.5. The summed E-state index contributed by atoms with van der Waals surface area (Å²) in [6.07, 6.45) is 2.61. The number of nitrogens with zero attached hydrogens (tertiary/aromatic N) is 3. The molecule has 4 N–H and O–H groups in total. The van der Waals surface area contributed by atoms with Gasteiger partial charge in [0.05, 0.1) is 6.54 Å². The Balaban J connectivity index is 1.94. The fourth-order valence-electron chi connectivity index (χ4n) is 3.19. The second-order valence-electron chi connectivity index (χ2n) is 7.41. The van der Waals surface area contributed by atoms with E-state index < -0.39 is 0 Å². The molecule has 0 atom stereocenters. The van der Waals surface area contributed by atoms with Gasteiger partial charge in [0, 0.05) is 50.7 Å². The Morgan fingerprint density at radius 1 is 1.18 bits per heavy atom. The lowest BCUT2D eigenvalue weighted by atomic mass is 10.2. The molecule has 0 saturated carbocycles. The summed E-state index contributed by atoms with van der Waals surface area (Å²) in [6, 6.07) is 17.5. The Hall–Kier alpha value is -2.98. The molecular weight excluding hydrogens is 468 g/mol. The van der Waals surface area contributed by atoms with Crippen molar-refractivity contribution in [1.82, 2.24) is 14.9 Å². The molecule has 34 heavy (non-hydrogen) atoms. The predicted molar refractivity (Wildman–Crippen MR) is 140 cm³/mol. The zero-order valence-electron chi connectivity index (χ0n) is 19.0. The quantitative estimate of drug-likeness (QED) is 0.188. The van der Waals surface area contributed by atoms with Crippen LogP contribution in [0.2, 0.25) is 0 Å². The molecule has 9 heteroatoms. The van der Waals surface area contributed by atoms with Crippen LogP contribution in [0.3, 0.4) is 0 Å². The fourth-order valence-corrected chi connectivity index (χ4v) is 5.30. The molecule has 0 unspecified atom stereocenters. The number of rotatable bonds is 10. The molecule has 0 spiro atoms. The van der Waals surface area contributed by atoms with Crippen molar-refractivity contribution in [1.29, 1.82) is 0 Å². The van der Waals surface area contributed by atoms with Gasteiger partial charge in [-0.15, -0.1) is 11.4 Å². The summed E-state index contributed by atoms with van der Waals surface area (Å²) in [6.45, 7) is 3.60. The summed E-state index contributed by atoms with van der Waals surface area (Å²) >= 11 is 2.07. The topological polar surface area (TPSA) is 113 Å². The first-order valence-electron chi connectivity index (χ1n) is 10.6. The highest BCUT2D eigenvalue weighted by Crippen LogP contribution is 2.32. The summed E-state index contributed by atoms with van der Waals surface area (Å²) in [5.74, 6) is 0.867. The van der Waals surface area contributed by atoms with Crippen LogP contribution in [0.15, 0.2) is 81.2 Å². The molecule has 0 bridgehead atoms. The zero-order valence-corrected chi connectivity index (χ0v) is 20.8. The Labute approximate surface area is 207 Å². The summed E-state index contributed by atoms with van der Waals surface area (Å²) < 4.78 is 0. The van der Waals surface area contributed by atoms with E-state index in [9.17, 15) is 15.0 Å². The molecule has 3 rings (SSSR count). The van der Waals surface area contributed by atoms with Crippen LogP contribution in [-0.2, 0) is 11.3 Å². The predicted octanol–water partition coefficient (Wildman–Crippen LogP) is 4.29. The number of nitrogens with two attached hydrogens (primary N) is 1. The fraction of sp³-hybridized carbons (Fsp3) is 0.200. The van der Waals surface area contributed by atoms with Crippen LogP contribution in [0.1, 0.15) is 30.3 Å². The van der Waals surface area contributed by atoms with Crippen LogP contribution in [0.25, 0.3) is 0 Å². The van der Waals surface area contributed by atoms with Crippen LogP contribution in [-0.4, -0.2) is 43.1 Å². The number of allylic oxidation sites excluding steroid dienone is 1. The van der Waals surface area contributed by atoms with Crippen molar-refractivity contribution < 1.29 is 15.0 Å². The smallest absolute Gasteiger partial charge is 0.214 e. The highest BCUT2D eigenvalue weighted by Gasteiger charge is 2.14. The molecule has 2 aromatic carbocycles. The van der Waals surface area contributed by atoms with E-state index in [-0.39, 0.29) is 18.2 Å². The number of carbonyl (C=O) groups excluding carboxylic acids is 1. The molecule has 1 amide bonds. The van der Waals surface area contributed by atoms with Gasteiger partial charge in [-0.2, -0.15) is 0 Å². The molecule has 0 aliphatic carbocycles. The SMILES string of the molecule is C/C(=C(CCO)/[SH]=C(\O)c1ccccc1Sc1ccccc1)N(C=O)Cc1cnc(C)nc1N. The average Bonchev–Trinajstić information content (AvgIpc) is 2.84. The van der Waals surface area contributed by atoms with E-state index in [1.54, 1.807) is 31.8 Å². The molecule has 0 radical (unpaired) electrons. The zero-order chi connectivity index (χ0) is 24.5. The molecule has 178 valence electrons. The van der Waals surface area contributed by atoms with Crippen LogP contribution in [0, 0.1) is 6.92 Å². The Bertz CT molecular complexity index is 1200. The number of hydrogen-bond acceptors (Lipinski definition) is 6. The number of benzene rings is 2. The van der Waals surface area contributed by atoms with Gasteiger partial charge in [0.2, 0.25) is 6.41 Å². The molecule has 0 saturated heterocycles. The summed E-state index contributed by atoms with van der Waals surface area (Å²) in [5.41, 5.74) is 7.95. The van der Waals surface area contributed by atoms with Crippen molar-refractivity contribution in [2.24, 2.45) is 0 Å². The van der Waals surface area contributed by atoms with Crippen LogP contribution in [0.5, 0.6) is 0 Å². The molecule has 0 aliphatic rings. The molecule has 0 aliphatic heterocycles. The number of thiol groups is 1. The molecule has 1 aromatic heterocycles. The highest BCUT2D eigenvalue weighted by atomic mass is 32.2. The van der Waals surface area contributed by atoms with Crippen molar-refractivity contribution in [3.05, 3.63) is 88.3 Å². The lowest BCUT2D eigenvalue weighted by Crippen LogP contribution is -2.22. The second kappa shape index (κ2) is 12.5. The Morgan fingerprint density at radius 2 is 1.88 bits per heavy atom. The molecule has 1 heterocycles. The monoisotopic (exact) mass is 496 g/mol. The number of anilines is 1. The van der Waals surface area contributed by atoms with Gasteiger partial charge in [-0.05, 0) is 32.0 Å². The number of aromatic nitrogens is 2. The number of aryl methyl sites for hydroxylation is 1. The number of aliphatic hydroxyl groups is 2. The van der Waals surface area contributed by atoms with Crippen molar-refractivity contribution in [3.8, 4) is 0 Å². The number of hydrogen-bond donors (Lipinski definition) is 4. The Kier molecular flexibility index (Phi) is 9.41. The summed E-state index contributed by atoms with van der Waals surface area (Å²) in [4.78, 5) is 24.4. The van der Waals surface area contributed by atoms with E-state index in [0.29, 0.717) is 52.6 Å². The maximum atomic E-state index is 11.9. The second-order valence-corrected chi connectivity index (χ2v) is 9.72. The first-order valence-corrected chi connectivity index (χ1v) is 12.3. The maximum absolute atomic E-state index is 11.9. The average molecular weight is 497 g/mol. The lowest BCUT2D eigenvalue weighted by Gasteiger charge is -2.21. The number of aliphatic hydroxyl groups excluding tert-OH is 2. The molecule has 7 nitrogen and oxygen atoms in total. The third kappa shape index (κ3) is 6.77. The van der Waals surface area contributed by atoms with Crippen LogP contribution in [0.4, 0.5) is 5.82 Å². The van der Waals surface area contributed by atoms with Gasteiger partial charge in [0.25, 0.3) is 0 Å². The van der Waals surface area contributed by atoms with E-state index in [4.69, 9.17) is 5.73 Å². The van der Waals surface area contributed by atoms with Crippen molar-refractivity contribution in [2.45, 2.75) is 36.6 Å². The molecule has 3 aromatic rings. The largest absolute Gasteiger partial charge is 0.396 e. The van der Waals surface area contributed by atoms with Crippen LogP contribution < -0.4 is 5.73 Å². The minimum absolute atomic E-state index is 0.115. The first kappa shape index (κ1) is 25.6. The number of amides is 1. The lowest BCUT2D eigenvalue weighted by molar-refractivity contribution is -0.116. The van der Waals surface area contributed by atoms with E-state index >= 15 is 0 Å². The molecule has 0 fully saturated rings. The molecular formula is C25H28N4O3S2. The first-order chi connectivity index (χ1) is 16.4. The van der Waals surface area contributed by atoms with Gasteiger partial charge in [0.1, 0.15) is 16.7 Å². The number of nitrogen functional groups attached to an aromatic ring is 1. The van der Waals surface area contributed by atoms with E-state index in [1.807, 2.05) is 54.6 Å². The third-order valence-corrected chi connectivity index (χ3v) is 7.38. The van der Waals surface area contributed by atoms with E-state index in [1.165, 1.54) is 4.90 Å². The van der Waals surface area contributed by atoms with E-state index in [2.05, 4.69) is 9.97 Å². The Morgan fingerprint density at radius 3 is 2.56 bits per heavy atom. The van der Waals surface area contributed by atoms with Gasteiger partial charge in [0.15, 0.2) is 0 Å². The van der Waals surface area contributed by atoms with Gasteiger partial charge in [-0.3, -0.25) is 4.79 Å². The standard InChI is InChI=1S/C25H28N4O3S2/c1-17(29(16-31)15-19-14-27-18(2)28-24(19)26)22(12-13-30)34-25(32)21-10-6-7-11-23(21)33-20-8-4-3-5-9-20/h3-11,14,16,30,32,34H,12-13,15H2,1-2H3,(H2,26,27,28)/b22-17-. The summed E-state index contributed by atoms with van der Waals surface area (Å²) in [5, 5.41) is 20.9. The minimum Gasteiger partial charge on any atom is -0.396 e. The van der Waals surface area contributed by atoms with Gasteiger partial charge < -0.3 is 20.8 Å².